The van der Waals surface area contributed by atoms with Crippen molar-refractivity contribution >= 4 is 12.3 Å². The van der Waals surface area contributed by atoms with Crippen LogP contribution in [0.1, 0.15) is 5.56 Å². The Balaban J connectivity index is 2.33. The summed E-state index contributed by atoms with van der Waals surface area (Å²) in [7, 11) is 0. The van der Waals surface area contributed by atoms with Crippen LogP contribution in [0.3, 0.4) is 0 Å². The number of pyridine rings is 1. The molecule has 0 saturated carbocycles. The quantitative estimate of drug-likeness (QED) is 0.384. The molecule has 0 aliphatic carbocycles. The lowest BCUT2D eigenvalue weighted by molar-refractivity contribution is -0.126. The second kappa shape index (κ2) is 9.01. The van der Waals surface area contributed by atoms with E-state index in [1.165, 1.54) is 0 Å². The number of carbonyl (C=O) groups excluding carboxylic acids is 2. The summed E-state index contributed by atoms with van der Waals surface area (Å²) >= 11 is 0. The molecule has 2 amide bonds. The maximum absolute atomic E-state index is 11.8. The minimum Gasteiger partial charge on any atom is -0.364 e. The lowest BCUT2D eigenvalue weighted by Crippen LogP contribution is -2.47. The first-order valence-electron chi connectivity index (χ1n) is 5.92. The fourth-order valence-corrected chi connectivity index (χ4v) is 1.47. The zero-order valence-electron chi connectivity index (χ0n) is 10.5. The predicted octanol–water partition coefficient (Wildman–Crippen LogP) is -1.21. The van der Waals surface area contributed by atoms with E-state index in [0.29, 0.717) is 19.4 Å². The molecule has 7 nitrogen and oxygen atoms in total. The highest BCUT2D eigenvalue weighted by Gasteiger charge is 2.16. The van der Waals surface area contributed by atoms with Crippen LogP contribution in [0.15, 0.2) is 24.5 Å². The molecule has 0 aliphatic rings. The normalized spacial score (nSPS) is 11.6. The predicted molar refractivity (Wildman–Crippen MR) is 68.9 cm³/mol. The summed E-state index contributed by atoms with van der Waals surface area (Å²) in [6.45, 7) is 0.512. The van der Waals surface area contributed by atoms with Gasteiger partial charge in [0, 0.05) is 18.9 Å². The number of hydrogen-bond acceptors (Lipinski definition) is 5. The molecule has 1 heterocycles. The molecule has 0 spiro atoms. The molecule has 0 bridgehead atoms. The third-order valence-corrected chi connectivity index (χ3v) is 2.42. The Labute approximate surface area is 111 Å². The summed E-state index contributed by atoms with van der Waals surface area (Å²) < 4.78 is 4.92. The zero-order valence-corrected chi connectivity index (χ0v) is 10.5. The van der Waals surface area contributed by atoms with Crippen molar-refractivity contribution < 1.29 is 14.3 Å². The number of ether oxygens (including phenoxy) is 1. The van der Waals surface area contributed by atoms with Crippen LogP contribution in [-0.2, 0) is 20.7 Å². The second-order valence-electron chi connectivity index (χ2n) is 3.78. The molecule has 1 aromatic rings. The summed E-state index contributed by atoms with van der Waals surface area (Å²) in [5.41, 5.74) is 6.20. The zero-order chi connectivity index (χ0) is 13.9. The van der Waals surface area contributed by atoms with Crippen LogP contribution in [-0.4, -0.2) is 43.2 Å². The van der Waals surface area contributed by atoms with Crippen molar-refractivity contribution in [3.63, 3.8) is 0 Å². The largest absolute Gasteiger partial charge is 0.364 e. The lowest BCUT2D eigenvalue weighted by atomic mass is 10.2. The standard InChI is InChI=1S/C12H18N4O3/c13-8-19-7-11(16-9-17)12(18)15-5-3-10-2-1-4-14-6-10/h1-2,4,6,9,11H,3,5,7-8,13H2,(H,15,18)(H,16,17)/t11-/m0/s1. The van der Waals surface area contributed by atoms with Crippen molar-refractivity contribution in [2.45, 2.75) is 12.5 Å². The maximum Gasteiger partial charge on any atom is 0.244 e. The van der Waals surface area contributed by atoms with Gasteiger partial charge in [-0.1, -0.05) is 6.07 Å². The Kier molecular flexibility index (Phi) is 7.14. The van der Waals surface area contributed by atoms with E-state index in [-0.39, 0.29) is 19.2 Å². The fourth-order valence-electron chi connectivity index (χ4n) is 1.47. The van der Waals surface area contributed by atoms with Crippen LogP contribution in [0.25, 0.3) is 0 Å². The average Bonchev–Trinajstić information content (AvgIpc) is 2.44. The molecule has 0 saturated heterocycles. The van der Waals surface area contributed by atoms with E-state index in [1.807, 2.05) is 12.1 Å². The number of hydrogen-bond donors (Lipinski definition) is 3. The van der Waals surface area contributed by atoms with Gasteiger partial charge in [-0.25, -0.2) is 0 Å². The van der Waals surface area contributed by atoms with Crippen molar-refractivity contribution in [1.82, 2.24) is 15.6 Å². The Morgan fingerprint density at radius 3 is 3.05 bits per heavy atom. The van der Waals surface area contributed by atoms with Gasteiger partial charge in [-0.2, -0.15) is 0 Å². The van der Waals surface area contributed by atoms with Gasteiger partial charge < -0.3 is 21.1 Å². The number of nitrogens with two attached hydrogens (primary N) is 1. The summed E-state index contributed by atoms with van der Waals surface area (Å²) in [4.78, 5) is 26.1. The fraction of sp³-hybridized carbons (Fsp3) is 0.417. The number of nitrogens with zero attached hydrogens (tertiary/aromatic N) is 1. The summed E-state index contributed by atoms with van der Waals surface area (Å²) in [5, 5.41) is 5.10. The summed E-state index contributed by atoms with van der Waals surface area (Å²) in [5.74, 6) is -0.301. The molecule has 0 radical (unpaired) electrons. The smallest absolute Gasteiger partial charge is 0.244 e. The molecule has 19 heavy (non-hydrogen) atoms. The highest BCUT2D eigenvalue weighted by Crippen LogP contribution is 1.95. The monoisotopic (exact) mass is 266 g/mol. The highest BCUT2D eigenvalue weighted by molar-refractivity contribution is 5.83. The van der Waals surface area contributed by atoms with E-state index in [9.17, 15) is 9.59 Å². The number of rotatable bonds is 9. The molecule has 4 N–H and O–H groups in total. The molecular formula is C12H18N4O3. The van der Waals surface area contributed by atoms with Crippen LogP contribution in [0.4, 0.5) is 0 Å². The molecule has 7 heteroatoms. The van der Waals surface area contributed by atoms with Gasteiger partial charge >= 0.3 is 0 Å². The van der Waals surface area contributed by atoms with Crippen LogP contribution in [0, 0.1) is 0 Å². The molecule has 0 aromatic carbocycles. The first-order chi connectivity index (χ1) is 9.27. The third kappa shape index (κ3) is 5.94. The molecule has 1 aromatic heterocycles. The van der Waals surface area contributed by atoms with Gasteiger partial charge in [0.25, 0.3) is 0 Å². The van der Waals surface area contributed by atoms with Crippen molar-refractivity contribution in [2.24, 2.45) is 5.73 Å². The summed E-state index contributed by atoms with van der Waals surface area (Å²) in [6, 6.07) is 3.04. The van der Waals surface area contributed by atoms with E-state index in [4.69, 9.17) is 10.5 Å². The van der Waals surface area contributed by atoms with Gasteiger partial charge in [-0.05, 0) is 18.1 Å². The molecule has 1 rings (SSSR count). The van der Waals surface area contributed by atoms with Crippen LogP contribution in [0.2, 0.25) is 0 Å². The Morgan fingerprint density at radius 2 is 2.42 bits per heavy atom. The molecule has 0 unspecified atom stereocenters. The van der Waals surface area contributed by atoms with E-state index in [2.05, 4.69) is 15.6 Å². The number of amides is 2. The van der Waals surface area contributed by atoms with Gasteiger partial charge in [-0.3, -0.25) is 14.6 Å². The molecule has 0 aliphatic heterocycles. The molecule has 104 valence electrons. The number of nitrogens with one attached hydrogen (secondary N) is 2. The maximum atomic E-state index is 11.8. The molecular weight excluding hydrogens is 248 g/mol. The van der Waals surface area contributed by atoms with Crippen LogP contribution >= 0.6 is 0 Å². The molecule has 0 fully saturated rings. The van der Waals surface area contributed by atoms with Gasteiger partial charge in [0.05, 0.1) is 13.3 Å². The third-order valence-electron chi connectivity index (χ3n) is 2.42. The average molecular weight is 266 g/mol. The van der Waals surface area contributed by atoms with E-state index in [0.717, 1.165) is 5.56 Å². The first kappa shape index (κ1) is 15.1. The number of carbonyl (C=O) groups is 2. The first-order valence-corrected chi connectivity index (χ1v) is 5.92. The second-order valence-corrected chi connectivity index (χ2v) is 3.78. The van der Waals surface area contributed by atoms with Gasteiger partial charge in [0.2, 0.25) is 12.3 Å². The van der Waals surface area contributed by atoms with Crippen LogP contribution in [0.5, 0.6) is 0 Å². The lowest BCUT2D eigenvalue weighted by Gasteiger charge is -2.15. The van der Waals surface area contributed by atoms with Gasteiger partial charge in [0.15, 0.2) is 0 Å². The van der Waals surface area contributed by atoms with Crippen molar-refractivity contribution in [3.05, 3.63) is 30.1 Å². The Hall–Kier alpha value is -1.99. The topological polar surface area (TPSA) is 106 Å². The Morgan fingerprint density at radius 1 is 1.58 bits per heavy atom. The van der Waals surface area contributed by atoms with E-state index < -0.39 is 6.04 Å². The van der Waals surface area contributed by atoms with E-state index in [1.54, 1.807) is 12.4 Å². The highest BCUT2D eigenvalue weighted by atomic mass is 16.5. The number of aromatic nitrogens is 1. The van der Waals surface area contributed by atoms with Crippen molar-refractivity contribution in [3.8, 4) is 0 Å². The molecule has 1 atom stereocenters. The van der Waals surface area contributed by atoms with Gasteiger partial charge in [0.1, 0.15) is 6.04 Å². The van der Waals surface area contributed by atoms with E-state index >= 15 is 0 Å². The van der Waals surface area contributed by atoms with Gasteiger partial charge in [-0.15, -0.1) is 0 Å². The SMILES string of the molecule is NCOC[C@H](NC=O)C(=O)NCCc1cccnc1. The Bertz CT molecular complexity index is 386. The minimum atomic E-state index is -0.727. The summed E-state index contributed by atoms with van der Waals surface area (Å²) in [6.07, 6.45) is 4.57. The minimum absolute atomic E-state index is 0.00000190. The van der Waals surface area contributed by atoms with Crippen molar-refractivity contribution in [2.75, 3.05) is 19.9 Å². The van der Waals surface area contributed by atoms with Crippen molar-refractivity contribution in [1.29, 1.82) is 0 Å². The van der Waals surface area contributed by atoms with Crippen LogP contribution < -0.4 is 16.4 Å².